The molecule has 2 rings (SSSR count). The van der Waals surface area contributed by atoms with Crippen molar-refractivity contribution in [3.05, 3.63) is 58.1 Å². The molecule has 24 heavy (non-hydrogen) atoms. The number of carbonyl (C=O) groups is 2. The third kappa shape index (κ3) is 5.15. The van der Waals surface area contributed by atoms with Crippen LogP contribution in [0.2, 0.25) is 10.0 Å². The van der Waals surface area contributed by atoms with Gasteiger partial charge in [-0.15, -0.1) is 0 Å². The Balaban J connectivity index is 1.83. The highest BCUT2D eigenvalue weighted by atomic mass is 35.5. The molecule has 0 spiro atoms. The van der Waals surface area contributed by atoms with Gasteiger partial charge in [0.2, 0.25) is 5.91 Å². The van der Waals surface area contributed by atoms with Gasteiger partial charge in [-0.3, -0.25) is 4.79 Å². The van der Waals surface area contributed by atoms with E-state index in [2.05, 4.69) is 15.4 Å². The summed E-state index contributed by atoms with van der Waals surface area (Å²) in [4.78, 5) is 23.3. The van der Waals surface area contributed by atoms with Crippen LogP contribution < -0.4 is 10.6 Å². The van der Waals surface area contributed by atoms with E-state index in [1.165, 1.54) is 7.11 Å². The van der Waals surface area contributed by atoms with Gasteiger partial charge in [0.1, 0.15) is 0 Å². The second-order valence-corrected chi connectivity index (χ2v) is 5.76. The molecule has 0 aliphatic carbocycles. The largest absolute Gasteiger partial charge is 0.465 e. The minimum absolute atomic E-state index is 0.161. The molecule has 2 aromatic carbocycles. The Morgan fingerprint density at radius 3 is 2.46 bits per heavy atom. The normalized spacial score (nSPS) is 10.1. The Morgan fingerprint density at radius 2 is 1.79 bits per heavy atom. The Kier molecular flexibility index (Phi) is 6.46. The van der Waals surface area contributed by atoms with Crippen molar-refractivity contribution in [1.29, 1.82) is 0 Å². The van der Waals surface area contributed by atoms with Crippen LogP contribution >= 0.6 is 23.2 Å². The van der Waals surface area contributed by atoms with Crippen molar-refractivity contribution in [3.63, 3.8) is 0 Å². The highest BCUT2D eigenvalue weighted by Crippen LogP contribution is 2.25. The molecule has 0 heterocycles. The van der Waals surface area contributed by atoms with Gasteiger partial charge in [-0.1, -0.05) is 23.2 Å². The van der Waals surface area contributed by atoms with E-state index < -0.39 is 5.97 Å². The number of methoxy groups -OCH3 is 1. The third-order valence-corrected chi connectivity index (χ3v) is 3.75. The van der Waals surface area contributed by atoms with E-state index in [4.69, 9.17) is 23.2 Å². The van der Waals surface area contributed by atoms with Gasteiger partial charge >= 0.3 is 5.97 Å². The summed E-state index contributed by atoms with van der Waals surface area (Å²) in [6.07, 6.45) is 0.252. The molecular formula is C17H16Cl2N2O3. The molecule has 2 N–H and O–H groups in total. The Morgan fingerprint density at radius 1 is 1.08 bits per heavy atom. The lowest BCUT2D eigenvalue weighted by Gasteiger charge is -2.09. The van der Waals surface area contributed by atoms with Gasteiger partial charge in [0.05, 0.1) is 23.4 Å². The maximum atomic E-state index is 11.9. The predicted molar refractivity (Wildman–Crippen MR) is 96.0 cm³/mol. The SMILES string of the molecule is COC(=O)c1ccc(NC(=O)CCNc2cc(Cl)ccc2Cl)cc1. The summed E-state index contributed by atoms with van der Waals surface area (Å²) in [6.45, 7) is 0.409. The van der Waals surface area contributed by atoms with Crippen LogP contribution in [0.25, 0.3) is 0 Å². The number of nitrogens with one attached hydrogen (secondary N) is 2. The van der Waals surface area contributed by atoms with Gasteiger partial charge in [-0.05, 0) is 42.5 Å². The van der Waals surface area contributed by atoms with E-state index in [0.29, 0.717) is 33.5 Å². The van der Waals surface area contributed by atoms with Crippen LogP contribution in [0.1, 0.15) is 16.8 Å². The molecule has 126 valence electrons. The quantitative estimate of drug-likeness (QED) is 0.751. The minimum Gasteiger partial charge on any atom is -0.465 e. The molecule has 0 bridgehead atoms. The number of ether oxygens (including phenoxy) is 1. The maximum Gasteiger partial charge on any atom is 0.337 e. The van der Waals surface area contributed by atoms with E-state index in [0.717, 1.165) is 0 Å². The van der Waals surface area contributed by atoms with Gasteiger partial charge in [-0.2, -0.15) is 0 Å². The second kappa shape index (κ2) is 8.57. The van der Waals surface area contributed by atoms with Gasteiger partial charge in [0.15, 0.2) is 0 Å². The molecular weight excluding hydrogens is 351 g/mol. The summed E-state index contributed by atoms with van der Waals surface area (Å²) in [7, 11) is 1.32. The molecule has 0 aromatic heterocycles. The second-order valence-electron chi connectivity index (χ2n) is 4.92. The first-order valence-electron chi connectivity index (χ1n) is 7.17. The number of rotatable bonds is 6. The lowest BCUT2D eigenvalue weighted by molar-refractivity contribution is -0.115. The van der Waals surface area contributed by atoms with E-state index in [1.54, 1.807) is 42.5 Å². The highest BCUT2D eigenvalue weighted by molar-refractivity contribution is 6.35. The van der Waals surface area contributed by atoms with Gasteiger partial charge < -0.3 is 15.4 Å². The standard InChI is InChI=1S/C17H16Cl2N2O3/c1-24-17(23)11-2-5-13(6-3-11)21-16(22)8-9-20-15-10-12(18)4-7-14(15)19/h2-7,10,20H,8-9H2,1H3,(H,21,22). The molecule has 0 radical (unpaired) electrons. The lowest BCUT2D eigenvalue weighted by Crippen LogP contribution is -2.16. The van der Waals surface area contributed by atoms with Crippen molar-refractivity contribution in [1.82, 2.24) is 0 Å². The Labute approximate surface area is 149 Å². The average Bonchev–Trinajstić information content (AvgIpc) is 2.58. The predicted octanol–water partition coefficient (Wildman–Crippen LogP) is 4.22. The molecule has 0 aliphatic rings. The van der Waals surface area contributed by atoms with Crippen molar-refractivity contribution in [3.8, 4) is 0 Å². The summed E-state index contributed by atoms with van der Waals surface area (Å²) in [6, 6.07) is 11.6. The summed E-state index contributed by atoms with van der Waals surface area (Å²) in [5.74, 6) is -0.582. The van der Waals surface area contributed by atoms with Gasteiger partial charge in [0, 0.05) is 23.7 Å². The number of carbonyl (C=O) groups excluding carboxylic acids is 2. The van der Waals surface area contributed by atoms with Gasteiger partial charge in [0.25, 0.3) is 0 Å². The van der Waals surface area contributed by atoms with Crippen molar-refractivity contribution >= 4 is 46.5 Å². The van der Waals surface area contributed by atoms with Crippen molar-refractivity contribution in [2.24, 2.45) is 0 Å². The fraction of sp³-hybridized carbons (Fsp3) is 0.176. The van der Waals surface area contributed by atoms with Crippen LogP contribution in [0.5, 0.6) is 0 Å². The number of amides is 1. The van der Waals surface area contributed by atoms with Crippen LogP contribution in [0, 0.1) is 0 Å². The number of benzene rings is 2. The van der Waals surface area contributed by atoms with Crippen LogP contribution in [0.15, 0.2) is 42.5 Å². The van der Waals surface area contributed by atoms with Crippen molar-refractivity contribution < 1.29 is 14.3 Å². The Hall–Kier alpha value is -2.24. The van der Waals surface area contributed by atoms with Crippen LogP contribution in [-0.2, 0) is 9.53 Å². The maximum absolute atomic E-state index is 11.9. The van der Waals surface area contributed by atoms with Crippen LogP contribution in [-0.4, -0.2) is 25.5 Å². The van der Waals surface area contributed by atoms with Gasteiger partial charge in [-0.25, -0.2) is 4.79 Å². The Bertz CT molecular complexity index is 733. The first-order valence-corrected chi connectivity index (χ1v) is 7.92. The monoisotopic (exact) mass is 366 g/mol. The van der Waals surface area contributed by atoms with E-state index in [1.807, 2.05) is 0 Å². The van der Waals surface area contributed by atoms with E-state index in [9.17, 15) is 9.59 Å². The molecule has 0 saturated carbocycles. The number of anilines is 2. The molecule has 2 aromatic rings. The molecule has 0 saturated heterocycles. The first-order chi connectivity index (χ1) is 11.5. The molecule has 0 atom stereocenters. The number of hydrogen-bond acceptors (Lipinski definition) is 4. The zero-order valence-corrected chi connectivity index (χ0v) is 14.4. The molecule has 0 unspecified atom stereocenters. The van der Waals surface area contributed by atoms with E-state index >= 15 is 0 Å². The minimum atomic E-state index is -0.421. The van der Waals surface area contributed by atoms with E-state index in [-0.39, 0.29) is 12.3 Å². The number of hydrogen-bond donors (Lipinski definition) is 2. The lowest BCUT2D eigenvalue weighted by atomic mass is 10.2. The smallest absolute Gasteiger partial charge is 0.337 e. The van der Waals surface area contributed by atoms with Crippen molar-refractivity contribution in [2.75, 3.05) is 24.3 Å². The zero-order chi connectivity index (χ0) is 17.5. The zero-order valence-electron chi connectivity index (χ0n) is 12.9. The molecule has 0 aliphatic heterocycles. The first kappa shape index (κ1) is 18.1. The van der Waals surface area contributed by atoms with Crippen LogP contribution in [0.4, 0.5) is 11.4 Å². The highest BCUT2D eigenvalue weighted by Gasteiger charge is 2.07. The summed E-state index contributed by atoms with van der Waals surface area (Å²) >= 11 is 11.9. The van der Waals surface area contributed by atoms with Crippen LogP contribution in [0.3, 0.4) is 0 Å². The molecule has 5 nitrogen and oxygen atoms in total. The average molecular weight is 367 g/mol. The fourth-order valence-corrected chi connectivity index (χ4v) is 2.33. The number of esters is 1. The summed E-state index contributed by atoms with van der Waals surface area (Å²) in [5.41, 5.74) is 1.71. The molecule has 0 fully saturated rings. The molecule has 7 heteroatoms. The number of halogens is 2. The fourth-order valence-electron chi connectivity index (χ4n) is 1.97. The molecule has 1 amide bonds. The third-order valence-electron chi connectivity index (χ3n) is 3.19. The summed E-state index contributed by atoms with van der Waals surface area (Å²) < 4.78 is 4.62. The summed E-state index contributed by atoms with van der Waals surface area (Å²) in [5, 5.41) is 6.92. The van der Waals surface area contributed by atoms with Crippen molar-refractivity contribution in [2.45, 2.75) is 6.42 Å². The topological polar surface area (TPSA) is 67.4 Å².